The average molecular weight is 448 g/mol. The maximum absolute atomic E-state index is 14.9. The van der Waals surface area contributed by atoms with Crippen LogP contribution in [0.5, 0.6) is 5.88 Å². The molecular formula is C23H30FN3O3S. The minimum Gasteiger partial charge on any atom is -0.481 e. The van der Waals surface area contributed by atoms with Crippen LogP contribution in [0.1, 0.15) is 41.6 Å². The number of aromatic nitrogens is 1. The SMILES string of the molecule is COc1nc(CN2Cc3ccccc3C2)c(F)cc1CCC1CCN(S(C)(=O)=O)CC1. The Morgan fingerprint density at radius 2 is 1.81 bits per heavy atom. The van der Waals surface area contributed by atoms with Gasteiger partial charge in [0, 0.05) is 38.3 Å². The Morgan fingerprint density at radius 1 is 1.16 bits per heavy atom. The van der Waals surface area contributed by atoms with Crippen LogP contribution in [0.4, 0.5) is 4.39 Å². The lowest BCUT2D eigenvalue weighted by Crippen LogP contribution is -2.37. The van der Waals surface area contributed by atoms with E-state index in [0.29, 0.717) is 43.5 Å². The van der Waals surface area contributed by atoms with Gasteiger partial charge in [0.2, 0.25) is 15.9 Å². The largest absolute Gasteiger partial charge is 0.481 e. The van der Waals surface area contributed by atoms with E-state index in [2.05, 4.69) is 22.0 Å². The number of aryl methyl sites for hydroxylation is 1. The predicted molar refractivity (Wildman–Crippen MR) is 118 cm³/mol. The van der Waals surface area contributed by atoms with Crippen LogP contribution in [0.15, 0.2) is 30.3 Å². The Balaban J connectivity index is 1.37. The Bertz CT molecular complexity index is 1010. The monoisotopic (exact) mass is 447 g/mol. The number of piperidine rings is 1. The molecule has 0 spiro atoms. The normalized spacial score (nSPS) is 18.3. The van der Waals surface area contributed by atoms with Crippen molar-refractivity contribution >= 4 is 10.0 Å². The zero-order valence-electron chi connectivity index (χ0n) is 18.2. The minimum atomic E-state index is -3.12. The number of fused-ring (bicyclic) bond motifs is 1. The Labute approximate surface area is 184 Å². The Morgan fingerprint density at radius 3 is 2.39 bits per heavy atom. The highest BCUT2D eigenvalue weighted by Crippen LogP contribution is 2.29. The summed E-state index contributed by atoms with van der Waals surface area (Å²) in [5.74, 6) is 0.619. The van der Waals surface area contributed by atoms with Crippen molar-refractivity contribution in [2.45, 2.75) is 45.3 Å². The summed E-state index contributed by atoms with van der Waals surface area (Å²) in [6.45, 7) is 3.16. The van der Waals surface area contributed by atoms with Gasteiger partial charge in [0.1, 0.15) is 5.82 Å². The second-order valence-corrected chi connectivity index (χ2v) is 10.6. The molecule has 1 fully saturated rings. The minimum absolute atomic E-state index is 0.293. The lowest BCUT2D eigenvalue weighted by Gasteiger charge is -2.30. The van der Waals surface area contributed by atoms with Gasteiger partial charge in [-0.2, -0.15) is 0 Å². The first-order valence-corrected chi connectivity index (χ1v) is 12.6. The lowest BCUT2D eigenvalue weighted by atomic mass is 9.91. The molecule has 2 aliphatic rings. The molecule has 0 amide bonds. The number of hydrogen-bond acceptors (Lipinski definition) is 5. The van der Waals surface area contributed by atoms with Crippen LogP contribution in [0, 0.1) is 11.7 Å². The van der Waals surface area contributed by atoms with Crippen LogP contribution in [0.25, 0.3) is 0 Å². The second kappa shape index (κ2) is 9.22. The van der Waals surface area contributed by atoms with Crippen molar-refractivity contribution in [3.63, 3.8) is 0 Å². The fourth-order valence-electron chi connectivity index (χ4n) is 4.63. The van der Waals surface area contributed by atoms with Crippen molar-refractivity contribution in [3.8, 4) is 5.88 Å². The molecule has 168 valence electrons. The number of ether oxygens (including phenoxy) is 1. The van der Waals surface area contributed by atoms with E-state index in [4.69, 9.17) is 4.74 Å². The van der Waals surface area contributed by atoms with E-state index in [1.165, 1.54) is 21.7 Å². The van der Waals surface area contributed by atoms with Crippen molar-refractivity contribution in [2.75, 3.05) is 26.5 Å². The Kier molecular flexibility index (Phi) is 6.60. The lowest BCUT2D eigenvalue weighted by molar-refractivity contribution is 0.261. The number of hydrogen-bond donors (Lipinski definition) is 0. The molecule has 8 heteroatoms. The van der Waals surface area contributed by atoms with E-state index in [0.717, 1.165) is 37.9 Å². The smallest absolute Gasteiger partial charge is 0.216 e. The zero-order valence-corrected chi connectivity index (χ0v) is 19.0. The third kappa shape index (κ3) is 5.25. The first-order valence-electron chi connectivity index (χ1n) is 10.8. The summed E-state index contributed by atoms with van der Waals surface area (Å²) in [6.07, 6.45) is 4.47. The molecule has 0 bridgehead atoms. The van der Waals surface area contributed by atoms with Crippen LogP contribution in [-0.4, -0.2) is 49.1 Å². The molecule has 31 heavy (non-hydrogen) atoms. The van der Waals surface area contributed by atoms with Gasteiger partial charge in [-0.05, 0) is 48.8 Å². The van der Waals surface area contributed by atoms with Gasteiger partial charge >= 0.3 is 0 Å². The highest BCUT2D eigenvalue weighted by molar-refractivity contribution is 7.88. The van der Waals surface area contributed by atoms with Crippen LogP contribution in [-0.2, 0) is 36.1 Å². The highest BCUT2D eigenvalue weighted by atomic mass is 32.2. The van der Waals surface area contributed by atoms with Crippen molar-refractivity contribution in [2.24, 2.45) is 5.92 Å². The maximum atomic E-state index is 14.9. The molecule has 0 atom stereocenters. The molecule has 3 heterocycles. The maximum Gasteiger partial charge on any atom is 0.216 e. The van der Waals surface area contributed by atoms with Crippen LogP contribution in [0.2, 0.25) is 0 Å². The second-order valence-electron chi connectivity index (χ2n) is 8.64. The molecule has 0 saturated carbocycles. The molecule has 0 unspecified atom stereocenters. The van der Waals surface area contributed by atoms with Gasteiger partial charge in [0.15, 0.2) is 0 Å². The zero-order chi connectivity index (χ0) is 22.0. The summed E-state index contributed by atoms with van der Waals surface area (Å²) in [4.78, 5) is 6.68. The molecule has 0 radical (unpaired) electrons. The van der Waals surface area contributed by atoms with Crippen molar-refractivity contribution < 1.29 is 17.5 Å². The van der Waals surface area contributed by atoms with E-state index in [9.17, 15) is 12.8 Å². The fraction of sp³-hybridized carbons (Fsp3) is 0.522. The van der Waals surface area contributed by atoms with Gasteiger partial charge in [-0.1, -0.05) is 24.3 Å². The third-order valence-corrected chi connectivity index (χ3v) is 7.73. The van der Waals surface area contributed by atoms with E-state index in [-0.39, 0.29) is 5.82 Å². The Hall–Kier alpha value is -2.03. The first-order chi connectivity index (χ1) is 14.8. The van der Waals surface area contributed by atoms with E-state index in [1.54, 1.807) is 13.2 Å². The quantitative estimate of drug-likeness (QED) is 0.651. The highest BCUT2D eigenvalue weighted by Gasteiger charge is 2.26. The van der Waals surface area contributed by atoms with Crippen LogP contribution < -0.4 is 4.74 Å². The third-order valence-electron chi connectivity index (χ3n) is 6.43. The number of sulfonamides is 1. The molecule has 2 aliphatic heterocycles. The van der Waals surface area contributed by atoms with Crippen molar-refractivity contribution in [3.05, 3.63) is 58.5 Å². The summed E-state index contributed by atoms with van der Waals surface area (Å²) < 4.78 is 45.2. The summed E-state index contributed by atoms with van der Waals surface area (Å²) >= 11 is 0. The molecule has 4 rings (SSSR count). The van der Waals surface area contributed by atoms with Gasteiger partial charge in [-0.3, -0.25) is 4.90 Å². The molecule has 0 aliphatic carbocycles. The fourth-order valence-corrected chi connectivity index (χ4v) is 5.50. The van der Waals surface area contributed by atoms with E-state index >= 15 is 0 Å². The molecule has 1 aromatic carbocycles. The number of rotatable bonds is 7. The molecule has 6 nitrogen and oxygen atoms in total. The van der Waals surface area contributed by atoms with Gasteiger partial charge in [0.05, 0.1) is 19.1 Å². The number of methoxy groups -OCH3 is 1. The average Bonchev–Trinajstić information content (AvgIpc) is 3.16. The van der Waals surface area contributed by atoms with Crippen molar-refractivity contribution in [1.29, 1.82) is 0 Å². The van der Waals surface area contributed by atoms with Crippen molar-refractivity contribution in [1.82, 2.24) is 14.2 Å². The van der Waals surface area contributed by atoms with Gasteiger partial charge in [0.25, 0.3) is 0 Å². The molecular weight excluding hydrogens is 417 g/mol. The number of pyridine rings is 1. The molecule has 1 aromatic heterocycles. The van der Waals surface area contributed by atoms with Gasteiger partial charge < -0.3 is 4.74 Å². The molecule has 2 aromatic rings. The number of halogens is 1. The standard InChI is InChI=1S/C23H30FN3O3S/c1-30-23-18(8-7-17-9-11-27(12-10-17)31(2,28)29)13-21(24)22(25-23)16-26-14-19-5-3-4-6-20(19)15-26/h3-6,13,17H,7-12,14-16H2,1-2H3. The van der Waals surface area contributed by atoms with E-state index < -0.39 is 10.0 Å². The van der Waals surface area contributed by atoms with E-state index in [1.807, 2.05) is 12.1 Å². The van der Waals surface area contributed by atoms with Crippen LogP contribution >= 0.6 is 0 Å². The van der Waals surface area contributed by atoms with Crippen LogP contribution in [0.3, 0.4) is 0 Å². The summed E-state index contributed by atoms with van der Waals surface area (Å²) in [5, 5.41) is 0. The first kappa shape index (κ1) is 22.2. The molecule has 0 N–H and O–H groups in total. The summed E-state index contributed by atoms with van der Waals surface area (Å²) in [7, 11) is -1.54. The predicted octanol–water partition coefficient (Wildman–Crippen LogP) is 3.35. The summed E-state index contributed by atoms with van der Waals surface area (Å²) in [5.41, 5.74) is 3.76. The topological polar surface area (TPSA) is 62.7 Å². The number of nitrogens with zero attached hydrogens (tertiary/aromatic N) is 3. The van der Waals surface area contributed by atoms with Gasteiger partial charge in [-0.15, -0.1) is 0 Å². The summed E-state index contributed by atoms with van der Waals surface area (Å²) in [6, 6.07) is 9.86. The molecule has 1 saturated heterocycles. The van der Waals surface area contributed by atoms with Gasteiger partial charge in [-0.25, -0.2) is 22.1 Å². The number of benzene rings is 1.